The van der Waals surface area contributed by atoms with E-state index < -0.39 is 35.6 Å². The van der Waals surface area contributed by atoms with Gasteiger partial charge in [0.15, 0.2) is 0 Å². The highest BCUT2D eigenvalue weighted by Gasteiger charge is 2.45. The third-order valence-corrected chi connectivity index (χ3v) is 5.29. The highest BCUT2D eigenvalue weighted by molar-refractivity contribution is 5.83. The van der Waals surface area contributed by atoms with Crippen molar-refractivity contribution in [2.75, 3.05) is 6.54 Å². The first kappa shape index (κ1) is 24.3. The molecule has 0 saturated carbocycles. The van der Waals surface area contributed by atoms with Gasteiger partial charge in [-0.1, -0.05) is 60.7 Å². The van der Waals surface area contributed by atoms with Crippen molar-refractivity contribution in [1.82, 2.24) is 4.90 Å². The van der Waals surface area contributed by atoms with Crippen LogP contribution in [-0.4, -0.2) is 41.1 Å². The van der Waals surface area contributed by atoms with E-state index in [1.54, 1.807) is 20.8 Å². The Morgan fingerprint density at radius 3 is 1.97 bits per heavy atom. The fraction of sp³-hybridized carbons (Fsp3) is 0.423. The first-order valence-corrected chi connectivity index (χ1v) is 11.1. The molecule has 2 aromatic rings. The highest BCUT2D eigenvalue weighted by Crippen LogP contribution is 2.30. The van der Waals surface area contributed by atoms with Crippen molar-refractivity contribution in [2.24, 2.45) is 5.92 Å². The van der Waals surface area contributed by atoms with Gasteiger partial charge in [0.25, 0.3) is 0 Å². The Bertz CT molecular complexity index is 938. The molecule has 0 N–H and O–H groups in total. The third kappa shape index (κ3) is 7.34. The third-order valence-electron chi connectivity index (χ3n) is 5.29. The summed E-state index contributed by atoms with van der Waals surface area (Å²) in [5.74, 6) is -1.39. The average molecular weight is 454 g/mol. The van der Waals surface area contributed by atoms with Gasteiger partial charge in [-0.25, -0.2) is 9.59 Å². The number of amides is 1. The summed E-state index contributed by atoms with van der Waals surface area (Å²) < 4.78 is 16.4. The smallest absolute Gasteiger partial charge is 0.411 e. The van der Waals surface area contributed by atoms with Gasteiger partial charge in [-0.15, -0.1) is 0 Å². The van der Waals surface area contributed by atoms with E-state index in [4.69, 9.17) is 14.2 Å². The van der Waals surface area contributed by atoms with Gasteiger partial charge < -0.3 is 14.2 Å². The normalized spacial score (nSPS) is 18.0. The van der Waals surface area contributed by atoms with E-state index in [1.165, 1.54) is 4.90 Å². The van der Waals surface area contributed by atoms with E-state index >= 15 is 0 Å². The van der Waals surface area contributed by atoms with Gasteiger partial charge in [0, 0.05) is 12.5 Å². The van der Waals surface area contributed by atoms with Gasteiger partial charge in [-0.05, 0) is 38.3 Å². The summed E-state index contributed by atoms with van der Waals surface area (Å²) in [5, 5.41) is 0. The minimum atomic E-state index is -0.909. The van der Waals surface area contributed by atoms with E-state index in [1.807, 2.05) is 60.7 Å². The van der Waals surface area contributed by atoms with E-state index in [9.17, 15) is 14.4 Å². The van der Waals surface area contributed by atoms with Crippen molar-refractivity contribution in [1.29, 1.82) is 0 Å². The lowest BCUT2D eigenvalue weighted by atomic mass is 9.96. The maximum Gasteiger partial charge on any atom is 0.411 e. The Morgan fingerprint density at radius 1 is 0.879 bits per heavy atom. The topological polar surface area (TPSA) is 82.1 Å². The lowest BCUT2D eigenvalue weighted by molar-refractivity contribution is -0.153. The van der Waals surface area contributed by atoms with Crippen LogP contribution in [0.4, 0.5) is 4.79 Å². The number of carbonyl (C=O) groups excluding carboxylic acids is 3. The van der Waals surface area contributed by atoms with Crippen molar-refractivity contribution >= 4 is 18.0 Å². The molecule has 33 heavy (non-hydrogen) atoms. The van der Waals surface area contributed by atoms with Crippen LogP contribution in [0, 0.1) is 5.92 Å². The molecule has 1 aliphatic heterocycles. The Morgan fingerprint density at radius 2 is 1.42 bits per heavy atom. The molecule has 2 aromatic carbocycles. The molecule has 0 spiro atoms. The van der Waals surface area contributed by atoms with Crippen LogP contribution in [0.5, 0.6) is 0 Å². The molecule has 1 amide bonds. The molecule has 7 heteroatoms. The molecule has 1 heterocycles. The second kappa shape index (κ2) is 11.0. The summed E-state index contributed by atoms with van der Waals surface area (Å²) in [5.41, 5.74) is 1.01. The van der Waals surface area contributed by atoms with Crippen LogP contribution >= 0.6 is 0 Å². The summed E-state index contributed by atoms with van der Waals surface area (Å²) in [6, 6.07) is 17.8. The maximum atomic E-state index is 13.0. The fourth-order valence-corrected chi connectivity index (χ4v) is 3.74. The molecule has 7 nitrogen and oxygen atoms in total. The molecular weight excluding hydrogens is 422 g/mol. The number of esters is 2. The second-order valence-corrected chi connectivity index (χ2v) is 9.11. The standard InChI is InChI=1S/C26H31NO6/c1-26(2,3)33-25(30)27-15-14-21(16-22(28)31-17-19-10-6-4-7-11-19)23(27)24(29)32-18-20-12-8-5-9-13-20/h4-13,21,23H,14-18H2,1-3H3/t21-,23-/m0/s1. The van der Waals surface area contributed by atoms with E-state index in [0.29, 0.717) is 13.0 Å². The predicted molar refractivity (Wildman–Crippen MR) is 122 cm³/mol. The molecule has 0 aromatic heterocycles. The van der Waals surface area contributed by atoms with E-state index in [0.717, 1.165) is 11.1 Å². The molecule has 0 radical (unpaired) electrons. The van der Waals surface area contributed by atoms with Crippen molar-refractivity contribution in [3.05, 3.63) is 71.8 Å². The van der Waals surface area contributed by atoms with Crippen LogP contribution in [-0.2, 0) is 37.0 Å². The highest BCUT2D eigenvalue weighted by atomic mass is 16.6. The summed E-state index contributed by atoms with van der Waals surface area (Å²) in [4.78, 5) is 39.7. The Labute approximate surface area is 194 Å². The van der Waals surface area contributed by atoms with Crippen molar-refractivity contribution in [2.45, 2.75) is 58.5 Å². The first-order chi connectivity index (χ1) is 15.7. The van der Waals surface area contributed by atoms with Crippen molar-refractivity contribution in [3.8, 4) is 0 Å². The van der Waals surface area contributed by atoms with Crippen LogP contribution in [0.15, 0.2) is 60.7 Å². The number of rotatable bonds is 7. The zero-order chi connectivity index (χ0) is 23.8. The molecule has 176 valence electrons. The molecule has 1 aliphatic rings. The lowest BCUT2D eigenvalue weighted by Crippen LogP contribution is -2.46. The molecule has 1 fully saturated rings. The van der Waals surface area contributed by atoms with Crippen LogP contribution in [0.1, 0.15) is 44.7 Å². The van der Waals surface area contributed by atoms with Gasteiger partial charge in [0.1, 0.15) is 24.9 Å². The van der Waals surface area contributed by atoms with E-state index in [-0.39, 0.29) is 19.6 Å². The monoisotopic (exact) mass is 453 g/mol. The van der Waals surface area contributed by atoms with Gasteiger partial charge in [0.2, 0.25) is 0 Å². The van der Waals surface area contributed by atoms with Crippen LogP contribution in [0.25, 0.3) is 0 Å². The van der Waals surface area contributed by atoms with E-state index in [2.05, 4.69) is 0 Å². The lowest BCUT2D eigenvalue weighted by Gasteiger charge is -2.29. The summed E-state index contributed by atoms with van der Waals surface area (Å²) in [6.45, 7) is 5.85. The van der Waals surface area contributed by atoms with Gasteiger partial charge in [-0.3, -0.25) is 9.69 Å². The summed E-state index contributed by atoms with van der Waals surface area (Å²) in [7, 11) is 0. The fourth-order valence-electron chi connectivity index (χ4n) is 3.74. The Balaban J connectivity index is 1.67. The number of benzene rings is 2. The SMILES string of the molecule is CC(C)(C)OC(=O)N1CC[C@@H](CC(=O)OCc2ccccc2)[C@H]1C(=O)OCc1ccccc1. The average Bonchev–Trinajstić information content (AvgIpc) is 3.20. The minimum absolute atomic E-state index is 0.0111. The molecule has 2 atom stereocenters. The number of ether oxygens (including phenoxy) is 3. The van der Waals surface area contributed by atoms with Gasteiger partial charge >= 0.3 is 18.0 Å². The zero-order valence-electron chi connectivity index (χ0n) is 19.4. The molecule has 0 aliphatic carbocycles. The summed E-state index contributed by atoms with van der Waals surface area (Å²) in [6.07, 6.45) is -0.105. The number of hydrogen-bond acceptors (Lipinski definition) is 6. The molecule has 3 rings (SSSR count). The Kier molecular flexibility index (Phi) is 8.09. The number of likely N-dealkylation sites (tertiary alicyclic amines) is 1. The van der Waals surface area contributed by atoms with Gasteiger partial charge in [-0.2, -0.15) is 0 Å². The maximum absolute atomic E-state index is 13.0. The number of nitrogens with zero attached hydrogens (tertiary/aromatic N) is 1. The van der Waals surface area contributed by atoms with Crippen LogP contribution in [0.2, 0.25) is 0 Å². The van der Waals surface area contributed by atoms with Crippen LogP contribution < -0.4 is 0 Å². The number of carbonyl (C=O) groups is 3. The molecular formula is C26H31NO6. The predicted octanol–water partition coefficient (Wildman–Crippen LogP) is 4.49. The largest absolute Gasteiger partial charge is 0.461 e. The molecule has 1 saturated heterocycles. The van der Waals surface area contributed by atoms with Gasteiger partial charge in [0.05, 0.1) is 6.42 Å². The zero-order valence-corrected chi connectivity index (χ0v) is 19.4. The Hall–Kier alpha value is -3.35. The minimum Gasteiger partial charge on any atom is -0.461 e. The summed E-state index contributed by atoms with van der Waals surface area (Å²) >= 11 is 0. The second-order valence-electron chi connectivity index (χ2n) is 9.11. The van der Waals surface area contributed by atoms with Crippen LogP contribution in [0.3, 0.4) is 0 Å². The quantitative estimate of drug-likeness (QED) is 0.454. The molecule has 0 bridgehead atoms. The molecule has 0 unspecified atom stereocenters. The number of hydrogen-bond donors (Lipinski definition) is 0. The van der Waals surface area contributed by atoms with Crippen molar-refractivity contribution in [3.63, 3.8) is 0 Å². The first-order valence-electron chi connectivity index (χ1n) is 11.1. The van der Waals surface area contributed by atoms with Crippen molar-refractivity contribution < 1.29 is 28.6 Å².